The van der Waals surface area contributed by atoms with E-state index in [4.69, 9.17) is 9.15 Å². The van der Waals surface area contributed by atoms with Gasteiger partial charge in [-0.05, 0) is 55.7 Å². The van der Waals surface area contributed by atoms with Crippen molar-refractivity contribution < 1.29 is 23.5 Å². The van der Waals surface area contributed by atoms with Crippen molar-refractivity contribution in [3.63, 3.8) is 0 Å². The molecule has 0 spiro atoms. The fourth-order valence-electron chi connectivity index (χ4n) is 5.43. The number of carbonyl (C=O) groups is 3. The molecule has 9 nitrogen and oxygen atoms in total. The summed E-state index contributed by atoms with van der Waals surface area (Å²) in [5.41, 5.74) is 1.41. The first-order chi connectivity index (χ1) is 19.0. The van der Waals surface area contributed by atoms with Crippen LogP contribution in [0.5, 0.6) is 0 Å². The van der Waals surface area contributed by atoms with Crippen molar-refractivity contribution >= 4 is 34.5 Å². The lowest BCUT2D eigenvalue weighted by molar-refractivity contribution is -0.137. The monoisotopic (exact) mass is 532 g/mol. The van der Waals surface area contributed by atoms with Crippen molar-refractivity contribution in [1.29, 1.82) is 0 Å². The number of hydrogen-bond donors (Lipinski definition) is 1. The van der Waals surface area contributed by atoms with Gasteiger partial charge in [0.2, 0.25) is 0 Å². The predicted octanol–water partition coefficient (Wildman–Crippen LogP) is 4.57. The van der Waals surface area contributed by atoms with E-state index >= 15 is 0 Å². The van der Waals surface area contributed by atoms with Gasteiger partial charge in [-0.1, -0.05) is 44.7 Å². The van der Waals surface area contributed by atoms with E-state index in [1.807, 2.05) is 31.2 Å². The Balaban J connectivity index is 1.38. The molecule has 0 atom stereocenters. The van der Waals surface area contributed by atoms with Crippen molar-refractivity contribution in [1.82, 2.24) is 15.2 Å². The lowest BCUT2D eigenvalue weighted by Crippen LogP contribution is -2.61. The maximum absolute atomic E-state index is 14.2. The van der Waals surface area contributed by atoms with Gasteiger partial charge in [-0.15, -0.1) is 0 Å². The predicted molar refractivity (Wildman–Crippen MR) is 148 cm³/mol. The minimum Gasteiger partial charge on any atom is -0.432 e. The van der Waals surface area contributed by atoms with Crippen LogP contribution in [0.2, 0.25) is 0 Å². The summed E-state index contributed by atoms with van der Waals surface area (Å²) in [6.45, 7) is 5.23. The molecule has 206 valence electrons. The van der Waals surface area contributed by atoms with E-state index in [2.05, 4.69) is 15.2 Å². The molecule has 1 saturated carbocycles. The summed E-state index contributed by atoms with van der Waals surface area (Å²) in [5.74, 6) is -1.39. The van der Waals surface area contributed by atoms with E-state index in [9.17, 15) is 14.4 Å². The van der Waals surface area contributed by atoms with E-state index in [0.717, 1.165) is 44.5 Å². The largest absolute Gasteiger partial charge is 0.432 e. The number of para-hydroxylation sites is 2. The van der Waals surface area contributed by atoms with Crippen molar-refractivity contribution in [3.8, 4) is 0 Å². The number of amides is 3. The summed E-state index contributed by atoms with van der Waals surface area (Å²) in [6, 6.07) is 14.6. The molecule has 1 aromatic heterocycles. The van der Waals surface area contributed by atoms with E-state index < -0.39 is 11.4 Å². The Bertz CT molecular complexity index is 1270. The number of nitrogens with zero attached hydrogens (tertiary/aromatic N) is 3. The van der Waals surface area contributed by atoms with Gasteiger partial charge in [-0.25, -0.2) is 4.98 Å². The second-order valence-corrected chi connectivity index (χ2v) is 10.3. The Labute approximate surface area is 228 Å². The number of rotatable bonds is 8. The number of nitrogens with one attached hydrogen (secondary N) is 1. The zero-order valence-corrected chi connectivity index (χ0v) is 22.5. The fourth-order valence-corrected chi connectivity index (χ4v) is 5.43. The molecule has 2 aromatic carbocycles. The number of benzene rings is 2. The van der Waals surface area contributed by atoms with Gasteiger partial charge < -0.3 is 19.4 Å². The van der Waals surface area contributed by atoms with Gasteiger partial charge in [0.05, 0.1) is 13.2 Å². The van der Waals surface area contributed by atoms with Crippen molar-refractivity contribution in [3.05, 3.63) is 60.0 Å². The Morgan fingerprint density at radius 2 is 1.72 bits per heavy atom. The zero-order valence-electron chi connectivity index (χ0n) is 22.5. The Morgan fingerprint density at radius 1 is 1.00 bits per heavy atom. The van der Waals surface area contributed by atoms with Crippen LogP contribution >= 0.6 is 0 Å². The second-order valence-electron chi connectivity index (χ2n) is 10.3. The van der Waals surface area contributed by atoms with Crippen LogP contribution in [0.15, 0.2) is 52.9 Å². The van der Waals surface area contributed by atoms with Crippen LogP contribution in [0.3, 0.4) is 0 Å². The van der Waals surface area contributed by atoms with Crippen LogP contribution in [0.1, 0.15) is 72.9 Å². The third-order valence-corrected chi connectivity index (χ3v) is 7.68. The molecule has 39 heavy (non-hydrogen) atoms. The minimum absolute atomic E-state index is 0.114. The molecule has 3 aromatic rings. The molecule has 2 fully saturated rings. The third kappa shape index (κ3) is 5.83. The smallest absolute Gasteiger partial charge is 0.316 e. The lowest BCUT2D eigenvalue weighted by atomic mass is 9.80. The molecule has 0 radical (unpaired) electrons. The summed E-state index contributed by atoms with van der Waals surface area (Å²) in [5, 5.41) is 3.07. The number of imide groups is 1. The van der Waals surface area contributed by atoms with Crippen LogP contribution in [0, 0.1) is 0 Å². The topological polar surface area (TPSA) is 105 Å². The van der Waals surface area contributed by atoms with Gasteiger partial charge in [0.1, 0.15) is 11.1 Å². The van der Waals surface area contributed by atoms with E-state index in [1.54, 1.807) is 24.3 Å². The van der Waals surface area contributed by atoms with Gasteiger partial charge in [0, 0.05) is 30.9 Å². The Morgan fingerprint density at radius 3 is 2.41 bits per heavy atom. The molecular weight excluding hydrogens is 496 g/mol. The maximum atomic E-state index is 14.2. The van der Waals surface area contributed by atoms with Gasteiger partial charge in [0.15, 0.2) is 5.58 Å². The quantitative estimate of drug-likeness (QED) is 0.424. The van der Waals surface area contributed by atoms with Crippen molar-refractivity contribution in [2.45, 2.75) is 57.4 Å². The van der Waals surface area contributed by atoms with Gasteiger partial charge in [-0.2, -0.15) is 0 Å². The zero-order chi connectivity index (χ0) is 27.2. The van der Waals surface area contributed by atoms with Crippen LogP contribution in [-0.2, 0) is 9.53 Å². The molecule has 1 aliphatic carbocycles. The second kappa shape index (κ2) is 12.0. The van der Waals surface area contributed by atoms with Crippen LogP contribution in [-0.4, -0.2) is 66.0 Å². The first-order valence-corrected chi connectivity index (χ1v) is 14.0. The Kier molecular flexibility index (Phi) is 8.26. The maximum Gasteiger partial charge on any atom is 0.316 e. The fraction of sp³-hybridized carbons (Fsp3) is 0.467. The Hall–Kier alpha value is -3.72. The number of fused-ring (bicyclic) bond motifs is 1. The molecule has 1 N–H and O–H groups in total. The van der Waals surface area contributed by atoms with Gasteiger partial charge in [-0.3, -0.25) is 19.3 Å². The number of morpholine rings is 1. The summed E-state index contributed by atoms with van der Waals surface area (Å²) in [6.07, 6.45) is 4.97. The average Bonchev–Trinajstić information content (AvgIpc) is 3.43. The molecule has 2 heterocycles. The number of anilines is 1. The lowest BCUT2D eigenvalue weighted by Gasteiger charge is -2.39. The normalized spacial score (nSPS) is 17.1. The summed E-state index contributed by atoms with van der Waals surface area (Å²) >= 11 is 0. The van der Waals surface area contributed by atoms with E-state index in [1.165, 1.54) is 4.90 Å². The summed E-state index contributed by atoms with van der Waals surface area (Å²) < 4.78 is 11.1. The highest BCUT2D eigenvalue weighted by Gasteiger charge is 2.45. The molecule has 9 heteroatoms. The van der Waals surface area contributed by atoms with Gasteiger partial charge in [0.25, 0.3) is 17.7 Å². The molecular formula is C30H36N4O5. The highest BCUT2D eigenvalue weighted by atomic mass is 16.5. The van der Waals surface area contributed by atoms with Crippen molar-refractivity contribution in [2.75, 3.05) is 37.7 Å². The minimum atomic E-state index is -1.16. The third-order valence-electron chi connectivity index (χ3n) is 7.68. The molecule has 5 rings (SSSR count). The highest BCUT2D eigenvalue weighted by Crippen LogP contribution is 2.32. The first kappa shape index (κ1) is 26.9. The highest BCUT2D eigenvalue weighted by molar-refractivity contribution is 6.08. The van der Waals surface area contributed by atoms with Crippen LogP contribution < -0.4 is 10.2 Å². The standard InChI is InChI=1S/C30H36N4O5/c1-2-3-17-34(28(36)27-31-24-9-5-6-10-25(24)39-27)29(37)30(15-7-4-8-16-30)32-26(35)22-11-13-23(14-12-22)33-18-20-38-21-19-33/h5-6,9-14H,2-4,7-8,15-21H2,1H3,(H,32,35). The van der Waals surface area contributed by atoms with Crippen molar-refractivity contribution in [2.24, 2.45) is 0 Å². The molecule has 1 aliphatic heterocycles. The summed E-state index contributed by atoms with van der Waals surface area (Å²) in [7, 11) is 0. The number of oxazole rings is 1. The molecule has 0 unspecified atom stereocenters. The number of unbranched alkanes of at least 4 members (excludes halogenated alkanes) is 1. The van der Waals surface area contributed by atoms with Gasteiger partial charge >= 0.3 is 5.91 Å². The first-order valence-electron chi connectivity index (χ1n) is 14.0. The number of ether oxygens (including phenoxy) is 1. The molecule has 3 amide bonds. The van der Waals surface area contributed by atoms with Crippen LogP contribution in [0.4, 0.5) is 5.69 Å². The number of carbonyl (C=O) groups excluding carboxylic acids is 3. The summed E-state index contributed by atoms with van der Waals surface area (Å²) in [4.78, 5) is 49.1. The molecule has 2 aliphatic rings. The van der Waals surface area contributed by atoms with E-state index in [0.29, 0.717) is 49.1 Å². The van der Waals surface area contributed by atoms with E-state index in [-0.39, 0.29) is 24.2 Å². The average molecular weight is 533 g/mol. The number of aromatic nitrogens is 1. The molecule has 0 bridgehead atoms. The SMILES string of the molecule is CCCCN(C(=O)c1nc2ccccc2o1)C(=O)C1(NC(=O)c2ccc(N3CCOCC3)cc2)CCCCC1. The molecule has 1 saturated heterocycles. The number of hydrogen-bond acceptors (Lipinski definition) is 7. The van der Waals surface area contributed by atoms with Crippen LogP contribution in [0.25, 0.3) is 11.1 Å².